The molecule has 0 fully saturated rings. The zero-order chi connectivity index (χ0) is 15.1. The van der Waals surface area contributed by atoms with Gasteiger partial charge in [0.1, 0.15) is 0 Å². The summed E-state index contributed by atoms with van der Waals surface area (Å²) in [5.41, 5.74) is 2.66. The lowest BCUT2D eigenvalue weighted by Gasteiger charge is -2.23. The van der Waals surface area contributed by atoms with Gasteiger partial charge in [-0.15, -0.1) is 11.6 Å². The van der Waals surface area contributed by atoms with Crippen LogP contribution in [0.15, 0.2) is 54.6 Å². The van der Waals surface area contributed by atoms with Gasteiger partial charge in [0.05, 0.1) is 0 Å². The van der Waals surface area contributed by atoms with Crippen molar-refractivity contribution >= 4 is 23.2 Å². The molecule has 0 saturated carbocycles. The van der Waals surface area contributed by atoms with Crippen LogP contribution in [0.25, 0.3) is 0 Å². The van der Waals surface area contributed by atoms with Crippen molar-refractivity contribution < 1.29 is 4.79 Å². The number of benzene rings is 2. The number of anilines is 1. The molecule has 110 valence electrons. The van der Waals surface area contributed by atoms with E-state index in [0.29, 0.717) is 11.4 Å². The van der Waals surface area contributed by atoms with Crippen LogP contribution in [0.2, 0.25) is 0 Å². The molecule has 2 aromatic carbocycles. The van der Waals surface area contributed by atoms with Crippen molar-refractivity contribution in [1.82, 2.24) is 0 Å². The van der Waals surface area contributed by atoms with Gasteiger partial charge in [-0.3, -0.25) is 4.79 Å². The molecule has 1 amide bonds. The molecule has 0 radical (unpaired) electrons. The summed E-state index contributed by atoms with van der Waals surface area (Å²) in [7, 11) is 0. The van der Waals surface area contributed by atoms with E-state index in [0.717, 1.165) is 30.6 Å². The van der Waals surface area contributed by atoms with Crippen LogP contribution in [-0.2, 0) is 5.88 Å². The van der Waals surface area contributed by atoms with E-state index < -0.39 is 0 Å². The summed E-state index contributed by atoms with van der Waals surface area (Å²) in [6.45, 7) is 2.86. The Hall–Kier alpha value is -1.80. The predicted molar refractivity (Wildman–Crippen MR) is 89.0 cm³/mol. The summed E-state index contributed by atoms with van der Waals surface area (Å²) >= 11 is 5.79. The number of amides is 1. The van der Waals surface area contributed by atoms with E-state index in [1.807, 2.05) is 59.5 Å². The minimum atomic E-state index is 0.0378. The van der Waals surface area contributed by atoms with Gasteiger partial charge in [0.15, 0.2) is 0 Å². The highest BCUT2D eigenvalue weighted by Crippen LogP contribution is 2.18. The molecule has 2 aromatic rings. The van der Waals surface area contributed by atoms with Crippen LogP contribution in [0.1, 0.15) is 35.7 Å². The second-order valence-corrected chi connectivity index (χ2v) is 5.24. The fraction of sp³-hybridized carbons (Fsp3) is 0.278. The summed E-state index contributed by atoms with van der Waals surface area (Å²) in [6.07, 6.45) is 2.04. The normalized spacial score (nSPS) is 10.4. The molecule has 0 aromatic heterocycles. The Morgan fingerprint density at radius 1 is 1.05 bits per heavy atom. The van der Waals surface area contributed by atoms with Crippen LogP contribution in [0, 0.1) is 0 Å². The molecule has 3 heteroatoms. The Morgan fingerprint density at radius 3 is 2.29 bits per heavy atom. The van der Waals surface area contributed by atoms with Crippen molar-refractivity contribution in [2.24, 2.45) is 0 Å². The van der Waals surface area contributed by atoms with Crippen molar-refractivity contribution in [1.29, 1.82) is 0 Å². The molecule has 0 spiro atoms. The van der Waals surface area contributed by atoms with E-state index in [2.05, 4.69) is 6.92 Å². The van der Waals surface area contributed by atoms with Gasteiger partial charge in [-0.1, -0.05) is 43.7 Å². The maximum Gasteiger partial charge on any atom is 0.258 e. The summed E-state index contributed by atoms with van der Waals surface area (Å²) in [5, 5.41) is 0. The van der Waals surface area contributed by atoms with Crippen molar-refractivity contribution in [3.8, 4) is 0 Å². The Morgan fingerprint density at radius 2 is 1.71 bits per heavy atom. The largest absolute Gasteiger partial charge is 0.308 e. The Kier molecular flexibility index (Phi) is 5.82. The quantitative estimate of drug-likeness (QED) is 0.697. The lowest BCUT2D eigenvalue weighted by molar-refractivity contribution is 0.0986. The Labute approximate surface area is 131 Å². The summed E-state index contributed by atoms with van der Waals surface area (Å²) in [5.74, 6) is 0.503. The molecule has 0 saturated heterocycles. The van der Waals surface area contributed by atoms with Gasteiger partial charge in [0, 0.05) is 23.7 Å². The third-order valence-corrected chi connectivity index (χ3v) is 3.71. The van der Waals surface area contributed by atoms with Crippen molar-refractivity contribution in [3.05, 3.63) is 65.7 Å². The third-order valence-electron chi connectivity index (χ3n) is 3.40. The lowest BCUT2D eigenvalue weighted by Crippen LogP contribution is -2.31. The van der Waals surface area contributed by atoms with Crippen LogP contribution >= 0.6 is 11.6 Å². The highest BCUT2D eigenvalue weighted by Gasteiger charge is 2.16. The molecular weight excluding hydrogens is 282 g/mol. The third kappa shape index (κ3) is 4.08. The first-order valence-corrected chi connectivity index (χ1v) is 7.81. The highest BCUT2D eigenvalue weighted by molar-refractivity contribution is 6.17. The molecule has 0 unspecified atom stereocenters. The fourth-order valence-electron chi connectivity index (χ4n) is 2.16. The van der Waals surface area contributed by atoms with Crippen molar-refractivity contribution in [2.45, 2.75) is 25.6 Å². The maximum absolute atomic E-state index is 12.7. The van der Waals surface area contributed by atoms with E-state index >= 15 is 0 Å². The van der Waals surface area contributed by atoms with E-state index in [9.17, 15) is 4.79 Å². The summed E-state index contributed by atoms with van der Waals surface area (Å²) < 4.78 is 0. The van der Waals surface area contributed by atoms with E-state index in [1.54, 1.807) is 0 Å². The first-order valence-electron chi connectivity index (χ1n) is 7.28. The zero-order valence-electron chi connectivity index (χ0n) is 12.3. The standard InChI is InChI=1S/C18H20ClNO/c1-2-3-13-20(17-7-5-4-6-8-17)18(21)16-11-9-15(14-19)10-12-16/h4-12H,2-3,13-14H2,1H3. The number of carbonyl (C=O) groups is 1. The number of hydrogen-bond acceptors (Lipinski definition) is 1. The zero-order valence-corrected chi connectivity index (χ0v) is 13.0. The topological polar surface area (TPSA) is 20.3 Å². The smallest absolute Gasteiger partial charge is 0.258 e. The van der Waals surface area contributed by atoms with E-state index in [-0.39, 0.29) is 5.91 Å². The lowest BCUT2D eigenvalue weighted by atomic mass is 10.1. The number of nitrogens with zero attached hydrogens (tertiary/aromatic N) is 1. The first-order chi connectivity index (χ1) is 10.3. The van der Waals surface area contributed by atoms with Gasteiger partial charge in [-0.25, -0.2) is 0 Å². The molecule has 0 aliphatic carbocycles. The fourth-order valence-corrected chi connectivity index (χ4v) is 2.34. The molecule has 0 aliphatic rings. The number of carbonyl (C=O) groups excluding carboxylic acids is 1. The second-order valence-electron chi connectivity index (χ2n) is 4.98. The summed E-state index contributed by atoms with van der Waals surface area (Å²) in [4.78, 5) is 14.6. The molecule has 21 heavy (non-hydrogen) atoms. The van der Waals surface area contributed by atoms with Crippen molar-refractivity contribution in [2.75, 3.05) is 11.4 Å². The Bertz CT molecular complexity index is 566. The van der Waals surface area contributed by atoms with Crippen LogP contribution in [0.4, 0.5) is 5.69 Å². The van der Waals surface area contributed by atoms with Crippen LogP contribution in [-0.4, -0.2) is 12.5 Å². The number of rotatable bonds is 6. The number of alkyl halides is 1. The number of para-hydroxylation sites is 1. The van der Waals surface area contributed by atoms with Gasteiger partial charge in [-0.05, 0) is 36.2 Å². The maximum atomic E-state index is 12.7. The van der Waals surface area contributed by atoms with Crippen LogP contribution in [0.3, 0.4) is 0 Å². The van der Waals surface area contributed by atoms with Crippen molar-refractivity contribution in [3.63, 3.8) is 0 Å². The monoisotopic (exact) mass is 301 g/mol. The van der Waals surface area contributed by atoms with E-state index in [4.69, 9.17) is 11.6 Å². The number of halogens is 1. The predicted octanol–water partition coefficient (Wildman–Crippen LogP) is 4.87. The van der Waals surface area contributed by atoms with Gasteiger partial charge >= 0.3 is 0 Å². The SMILES string of the molecule is CCCCN(C(=O)c1ccc(CCl)cc1)c1ccccc1. The average molecular weight is 302 g/mol. The number of unbranched alkanes of at least 4 members (excludes halogenated alkanes) is 1. The molecule has 0 N–H and O–H groups in total. The Balaban J connectivity index is 2.24. The van der Waals surface area contributed by atoms with Gasteiger partial charge < -0.3 is 4.90 Å². The molecule has 0 bridgehead atoms. The van der Waals surface area contributed by atoms with E-state index in [1.165, 1.54) is 0 Å². The highest BCUT2D eigenvalue weighted by atomic mass is 35.5. The van der Waals surface area contributed by atoms with Gasteiger partial charge in [0.25, 0.3) is 5.91 Å². The van der Waals surface area contributed by atoms with Crippen LogP contribution < -0.4 is 4.90 Å². The van der Waals surface area contributed by atoms with Crippen LogP contribution in [0.5, 0.6) is 0 Å². The van der Waals surface area contributed by atoms with Gasteiger partial charge in [0.2, 0.25) is 0 Å². The minimum absolute atomic E-state index is 0.0378. The minimum Gasteiger partial charge on any atom is -0.308 e. The summed E-state index contributed by atoms with van der Waals surface area (Å²) in [6, 6.07) is 17.3. The molecule has 0 aliphatic heterocycles. The molecule has 0 atom stereocenters. The molecular formula is C18H20ClNO. The molecule has 2 nitrogen and oxygen atoms in total. The molecule has 2 rings (SSSR count). The second kappa shape index (κ2) is 7.84. The average Bonchev–Trinajstić information content (AvgIpc) is 2.56. The number of hydrogen-bond donors (Lipinski definition) is 0. The first kappa shape index (κ1) is 15.6. The van der Waals surface area contributed by atoms with Gasteiger partial charge in [-0.2, -0.15) is 0 Å². The molecule has 0 heterocycles.